The molecule has 2 saturated carbocycles. The minimum atomic E-state index is -5.39. The summed E-state index contributed by atoms with van der Waals surface area (Å²) in [5, 5.41) is 3.47. The molecule has 7 nitrogen and oxygen atoms in total. The number of rotatable bonds is 3. The molecule has 1 heterocycles. The second-order valence-corrected chi connectivity index (χ2v) is 5.72. The maximum Gasteiger partial charge on any atom is 0.285 e. The van der Waals surface area contributed by atoms with E-state index in [4.69, 9.17) is 24.0 Å². The van der Waals surface area contributed by atoms with Crippen molar-refractivity contribution in [3.63, 3.8) is 0 Å². The van der Waals surface area contributed by atoms with Crippen molar-refractivity contribution in [2.75, 3.05) is 13.2 Å². The first-order valence-corrected chi connectivity index (χ1v) is 7.56. The molecule has 0 unspecified atom stereocenters. The molecule has 8 heteroatoms. The zero-order valence-electron chi connectivity index (χ0n) is 9.91. The highest BCUT2D eigenvalue weighted by Crippen LogP contribution is 2.44. The molecule has 2 fully saturated rings. The maximum atomic E-state index is 8.55. The molecule has 3 aliphatic rings. The summed E-state index contributed by atoms with van der Waals surface area (Å²) in [5.74, 6) is 1.83. The third-order valence-corrected chi connectivity index (χ3v) is 3.14. The number of hydrogen-bond acceptors (Lipinski definition) is 7. The summed E-state index contributed by atoms with van der Waals surface area (Å²) in [5.41, 5.74) is 0. The number of phosphoric acid groups is 1. The lowest BCUT2D eigenvalue weighted by molar-refractivity contribution is -0.432. The summed E-state index contributed by atoms with van der Waals surface area (Å²) in [6, 6.07) is 1.49. The first kappa shape index (κ1) is 13.8. The van der Waals surface area contributed by atoms with E-state index in [1.54, 1.807) is 0 Å². The van der Waals surface area contributed by atoms with Crippen LogP contribution in [0.5, 0.6) is 0 Å². The SMILES string of the molecule is C1COC(NC(C2CC2)C2CC2)=N1.O=P([O-])([O-])[O-]. The van der Waals surface area contributed by atoms with Gasteiger partial charge in [0.15, 0.2) is 0 Å². The first-order chi connectivity index (χ1) is 8.43. The number of nitrogens with zero attached hydrogens (tertiary/aromatic N) is 1. The van der Waals surface area contributed by atoms with Crippen molar-refractivity contribution in [1.82, 2.24) is 5.32 Å². The molecule has 3 rings (SSSR count). The number of aliphatic imine (C=N–C) groups is 1. The van der Waals surface area contributed by atoms with Crippen molar-refractivity contribution in [2.45, 2.75) is 31.7 Å². The monoisotopic (exact) mass is 275 g/mol. The van der Waals surface area contributed by atoms with Crippen molar-refractivity contribution < 1.29 is 24.0 Å². The molecule has 0 spiro atoms. The van der Waals surface area contributed by atoms with Crippen LogP contribution in [0.2, 0.25) is 0 Å². The molecule has 0 atom stereocenters. The third kappa shape index (κ3) is 5.35. The Hall–Kier alpha value is -0.620. The predicted molar refractivity (Wildman–Crippen MR) is 58.2 cm³/mol. The summed E-state index contributed by atoms with van der Waals surface area (Å²) in [7, 11) is -5.39. The second-order valence-electron chi connectivity index (χ2n) is 4.83. The van der Waals surface area contributed by atoms with Crippen LogP contribution in [0.4, 0.5) is 0 Å². The van der Waals surface area contributed by atoms with Crippen LogP contribution in [0.1, 0.15) is 25.7 Å². The van der Waals surface area contributed by atoms with Crippen LogP contribution in [0.25, 0.3) is 0 Å². The minimum absolute atomic E-state index is 0.678. The van der Waals surface area contributed by atoms with Gasteiger partial charge in [0.05, 0.1) is 6.54 Å². The van der Waals surface area contributed by atoms with Crippen LogP contribution in [-0.2, 0) is 9.30 Å². The zero-order chi connectivity index (χ0) is 13.2. The van der Waals surface area contributed by atoms with E-state index in [9.17, 15) is 0 Å². The molecule has 104 valence electrons. The van der Waals surface area contributed by atoms with E-state index in [1.807, 2.05) is 0 Å². The fourth-order valence-electron chi connectivity index (χ4n) is 2.10. The standard InChI is InChI=1S/C10H16N2O.H3O4P/c1-2-7(1)9(8-3-4-8)12-10-11-5-6-13-10;1-5(2,3)4/h7-9H,1-6H2,(H,11,12);(H3,1,2,3,4)/p-3. The molecule has 2 aliphatic carbocycles. The molecule has 0 amide bonds. The second kappa shape index (κ2) is 5.57. The molecule has 0 bridgehead atoms. The lowest BCUT2D eigenvalue weighted by atomic mass is 10.1. The van der Waals surface area contributed by atoms with E-state index in [1.165, 1.54) is 25.7 Å². The van der Waals surface area contributed by atoms with Gasteiger partial charge in [0.2, 0.25) is 0 Å². The number of amidine groups is 1. The Labute approximate surface area is 106 Å². The minimum Gasteiger partial charge on any atom is -0.822 e. The van der Waals surface area contributed by atoms with Crippen LogP contribution in [0, 0.1) is 11.8 Å². The topological polar surface area (TPSA) is 120 Å². The molecule has 0 aromatic carbocycles. The van der Waals surface area contributed by atoms with Crippen LogP contribution in [0.3, 0.4) is 0 Å². The van der Waals surface area contributed by atoms with Crippen LogP contribution in [0.15, 0.2) is 4.99 Å². The average Bonchev–Trinajstić information content (AvgIpc) is 3.14. The fraction of sp³-hybridized carbons (Fsp3) is 0.900. The van der Waals surface area contributed by atoms with Gasteiger partial charge in [0.1, 0.15) is 6.61 Å². The molecule has 0 radical (unpaired) electrons. The Bertz CT molecular complexity index is 341. The summed E-state index contributed by atoms with van der Waals surface area (Å²) in [6.07, 6.45) is 5.62. The van der Waals surface area contributed by atoms with Crippen molar-refractivity contribution in [3.8, 4) is 0 Å². The average molecular weight is 275 g/mol. The lowest BCUT2D eigenvalue weighted by Crippen LogP contribution is -2.38. The van der Waals surface area contributed by atoms with Gasteiger partial charge in [-0.2, -0.15) is 7.82 Å². The van der Waals surface area contributed by atoms with Crippen LogP contribution >= 0.6 is 7.82 Å². The van der Waals surface area contributed by atoms with Crippen LogP contribution in [-0.4, -0.2) is 25.2 Å². The number of ether oxygens (including phenoxy) is 1. The Balaban J connectivity index is 0.000000209. The van der Waals surface area contributed by atoms with Crippen molar-refractivity contribution >= 4 is 13.8 Å². The van der Waals surface area contributed by atoms with E-state index in [-0.39, 0.29) is 0 Å². The van der Waals surface area contributed by atoms with E-state index < -0.39 is 7.82 Å². The van der Waals surface area contributed by atoms with Gasteiger partial charge in [-0.15, -0.1) is 0 Å². The largest absolute Gasteiger partial charge is 0.822 e. The Morgan fingerprint density at radius 1 is 1.22 bits per heavy atom. The molecular formula is C10H16N2O5P-3. The van der Waals surface area contributed by atoms with Gasteiger partial charge >= 0.3 is 0 Å². The van der Waals surface area contributed by atoms with Gasteiger partial charge < -0.3 is 29.3 Å². The van der Waals surface area contributed by atoms with Gasteiger partial charge in [-0.05, 0) is 37.5 Å². The third-order valence-electron chi connectivity index (χ3n) is 3.14. The van der Waals surface area contributed by atoms with Gasteiger partial charge in [-0.25, -0.2) is 4.99 Å². The van der Waals surface area contributed by atoms with Gasteiger partial charge in [-0.1, -0.05) is 0 Å². The summed E-state index contributed by atoms with van der Waals surface area (Å²) < 4.78 is 13.9. The highest BCUT2D eigenvalue weighted by Gasteiger charge is 2.42. The Morgan fingerprint density at radius 3 is 2.06 bits per heavy atom. The summed E-state index contributed by atoms with van der Waals surface area (Å²) >= 11 is 0. The number of nitrogens with one attached hydrogen (secondary N) is 1. The molecule has 0 saturated heterocycles. The van der Waals surface area contributed by atoms with Gasteiger partial charge in [-0.3, -0.25) is 0 Å². The Morgan fingerprint density at radius 2 is 1.72 bits per heavy atom. The van der Waals surface area contributed by atoms with Gasteiger partial charge in [0, 0.05) is 6.04 Å². The quantitative estimate of drug-likeness (QED) is 0.615. The van der Waals surface area contributed by atoms with E-state index in [2.05, 4.69) is 10.3 Å². The smallest absolute Gasteiger partial charge is 0.285 e. The lowest BCUT2D eigenvalue weighted by Gasteiger charge is -2.36. The van der Waals surface area contributed by atoms with Crippen molar-refractivity contribution in [3.05, 3.63) is 0 Å². The predicted octanol–water partition coefficient (Wildman–Crippen LogP) is -1.67. The molecule has 1 N–H and O–H groups in total. The van der Waals surface area contributed by atoms with Crippen molar-refractivity contribution in [2.24, 2.45) is 16.8 Å². The van der Waals surface area contributed by atoms with Crippen molar-refractivity contribution in [1.29, 1.82) is 0 Å². The maximum absolute atomic E-state index is 8.55. The normalized spacial score (nSPS) is 23.0. The van der Waals surface area contributed by atoms with E-state index in [0.717, 1.165) is 31.0 Å². The van der Waals surface area contributed by atoms with E-state index >= 15 is 0 Å². The van der Waals surface area contributed by atoms with E-state index in [0.29, 0.717) is 6.04 Å². The Kier molecular flexibility index (Phi) is 4.27. The number of hydrogen-bond donors (Lipinski definition) is 1. The molecule has 18 heavy (non-hydrogen) atoms. The molecular weight excluding hydrogens is 259 g/mol. The fourth-order valence-corrected chi connectivity index (χ4v) is 2.10. The molecule has 0 aromatic rings. The molecule has 0 aromatic heterocycles. The summed E-state index contributed by atoms with van der Waals surface area (Å²) in [6.45, 7) is 1.61. The highest BCUT2D eigenvalue weighted by molar-refractivity contribution is 7.40. The molecule has 1 aliphatic heterocycles. The zero-order valence-corrected chi connectivity index (χ0v) is 10.8. The first-order valence-electron chi connectivity index (χ1n) is 6.10. The summed E-state index contributed by atoms with van der Waals surface area (Å²) in [4.78, 5) is 29.9. The van der Waals surface area contributed by atoms with Gasteiger partial charge in [0.25, 0.3) is 6.02 Å². The highest BCUT2D eigenvalue weighted by atomic mass is 31.2. The van der Waals surface area contributed by atoms with Crippen LogP contribution < -0.4 is 20.0 Å².